The topological polar surface area (TPSA) is 81.7 Å². The van der Waals surface area contributed by atoms with Gasteiger partial charge < -0.3 is 20.6 Å². The highest BCUT2D eigenvalue weighted by Gasteiger charge is 2.44. The first-order valence-electron chi connectivity index (χ1n) is 7.41. The predicted octanol–water partition coefficient (Wildman–Crippen LogP) is 1.91. The Morgan fingerprint density at radius 2 is 1.71 bits per heavy atom. The number of carboxylic acid groups (broad SMARTS) is 1. The van der Waals surface area contributed by atoms with Crippen LogP contribution in [0.25, 0.3) is 0 Å². The number of carbonyl (C=O) groups excluding carboxylic acids is 1. The Kier molecular flexibility index (Phi) is 7.16. The second kappa shape index (κ2) is 7.64. The lowest BCUT2D eigenvalue weighted by Gasteiger charge is -2.38. The number of carboxylic acids is 1. The lowest BCUT2D eigenvalue weighted by molar-refractivity contribution is -0.150. The van der Waals surface area contributed by atoms with Gasteiger partial charge in [-0.15, -0.1) is 0 Å². The predicted molar refractivity (Wildman–Crippen MR) is 84.4 cm³/mol. The van der Waals surface area contributed by atoms with Crippen LogP contribution >= 0.6 is 0 Å². The lowest BCUT2D eigenvalue weighted by atomic mass is 9.74. The van der Waals surface area contributed by atoms with Gasteiger partial charge in [0, 0.05) is 12.6 Å². The van der Waals surface area contributed by atoms with E-state index >= 15 is 0 Å². The van der Waals surface area contributed by atoms with E-state index in [-0.39, 0.29) is 6.03 Å². The third-order valence-corrected chi connectivity index (χ3v) is 4.38. The Morgan fingerprint density at radius 3 is 2.14 bits per heavy atom. The summed E-state index contributed by atoms with van der Waals surface area (Å²) < 4.78 is 0. The second-order valence-corrected chi connectivity index (χ2v) is 6.86. The van der Waals surface area contributed by atoms with Gasteiger partial charge in [-0.05, 0) is 61.6 Å². The molecular weight excluding hydrogens is 270 g/mol. The van der Waals surface area contributed by atoms with E-state index in [9.17, 15) is 14.7 Å². The average molecular weight is 301 g/mol. The van der Waals surface area contributed by atoms with Gasteiger partial charge in [0.05, 0.1) is 11.0 Å². The number of carbonyl (C=O) groups is 2. The van der Waals surface area contributed by atoms with Gasteiger partial charge >= 0.3 is 12.0 Å². The monoisotopic (exact) mass is 301 g/mol. The number of amides is 2. The molecule has 0 spiro atoms. The van der Waals surface area contributed by atoms with Crippen molar-refractivity contribution < 1.29 is 14.7 Å². The van der Waals surface area contributed by atoms with Crippen molar-refractivity contribution in [2.24, 2.45) is 5.41 Å². The number of aliphatic carboxylic acids is 1. The van der Waals surface area contributed by atoms with E-state index < -0.39 is 16.9 Å². The number of nitrogens with one attached hydrogen (secondary N) is 2. The van der Waals surface area contributed by atoms with Gasteiger partial charge in [0.15, 0.2) is 0 Å². The van der Waals surface area contributed by atoms with Crippen LogP contribution in [0.2, 0.25) is 0 Å². The minimum Gasteiger partial charge on any atom is -0.481 e. The van der Waals surface area contributed by atoms with Crippen LogP contribution in [-0.2, 0) is 4.79 Å². The first-order chi connectivity index (χ1) is 9.41. The summed E-state index contributed by atoms with van der Waals surface area (Å²) in [5.74, 6) is -0.939. The molecule has 0 aromatic heterocycles. The van der Waals surface area contributed by atoms with Crippen LogP contribution in [0.15, 0.2) is 0 Å². The summed E-state index contributed by atoms with van der Waals surface area (Å²) in [5, 5.41) is 14.8. The third-order valence-electron chi connectivity index (χ3n) is 4.38. The van der Waals surface area contributed by atoms with E-state index in [4.69, 9.17) is 0 Å². The Hall–Kier alpha value is -1.30. The van der Waals surface area contributed by atoms with Crippen molar-refractivity contribution in [1.29, 1.82) is 0 Å². The third kappa shape index (κ3) is 5.91. The van der Waals surface area contributed by atoms with Crippen LogP contribution in [0.5, 0.6) is 0 Å². The molecule has 124 valence electrons. The molecule has 0 radical (unpaired) electrons. The van der Waals surface area contributed by atoms with Gasteiger partial charge in [0.1, 0.15) is 0 Å². The van der Waals surface area contributed by atoms with E-state index in [1.807, 2.05) is 7.05 Å². The normalized spacial score (nSPS) is 12.6. The summed E-state index contributed by atoms with van der Waals surface area (Å²) in [6.45, 7) is 12.3. The molecule has 0 atom stereocenters. The van der Waals surface area contributed by atoms with Crippen molar-refractivity contribution in [2.45, 2.75) is 59.5 Å². The quantitative estimate of drug-likeness (QED) is 0.598. The summed E-state index contributed by atoms with van der Waals surface area (Å²) in [6.07, 6.45) is 0.852. The molecule has 0 saturated heterocycles. The summed E-state index contributed by atoms with van der Waals surface area (Å²) >= 11 is 0. The number of hydrogen-bond donors (Lipinski definition) is 3. The molecule has 0 aromatic rings. The number of nitrogens with zero attached hydrogens (tertiary/aromatic N) is 1. The van der Waals surface area contributed by atoms with Crippen LogP contribution in [0.1, 0.15) is 48.0 Å². The van der Waals surface area contributed by atoms with Gasteiger partial charge in [0.2, 0.25) is 0 Å². The van der Waals surface area contributed by atoms with Crippen molar-refractivity contribution in [1.82, 2.24) is 15.5 Å². The fourth-order valence-electron chi connectivity index (χ4n) is 1.54. The molecule has 3 N–H and O–H groups in total. The molecule has 6 nitrogen and oxygen atoms in total. The molecule has 0 unspecified atom stereocenters. The fourth-order valence-corrected chi connectivity index (χ4v) is 1.54. The number of urea groups is 1. The maximum Gasteiger partial charge on any atom is 0.315 e. The smallest absolute Gasteiger partial charge is 0.315 e. The summed E-state index contributed by atoms with van der Waals surface area (Å²) in [6, 6.07) is 0.149. The molecular formula is C15H31N3O3. The Balaban J connectivity index is 4.24. The molecule has 0 aliphatic heterocycles. The standard InChI is InChI=1S/C15H31N3O3/c1-11(2)18(7)10-8-9-16-13(21)17-15(5,6)14(3,4)12(19)20/h11H,8-10H2,1-7H3,(H,19,20)(H2,16,17,21). The van der Waals surface area contributed by atoms with Crippen LogP contribution in [-0.4, -0.2) is 53.7 Å². The minimum atomic E-state index is -1.05. The van der Waals surface area contributed by atoms with Crippen LogP contribution in [0, 0.1) is 5.41 Å². The Labute approximate surface area is 128 Å². The first kappa shape index (κ1) is 19.7. The van der Waals surface area contributed by atoms with Crippen molar-refractivity contribution in [3.63, 3.8) is 0 Å². The van der Waals surface area contributed by atoms with Gasteiger partial charge in [-0.2, -0.15) is 0 Å². The molecule has 0 rings (SSSR count). The van der Waals surface area contributed by atoms with Gasteiger partial charge in [0.25, 0.3) is 0 Å². The second-order valence-electron chi connectivity index (χ2n) is 6.86. The number of rotatable bonds is 8. The van der Waals surface area contributed by atoms with Crippen LogP contribution in [0.3, 0.4) is 0 Å². The summed E-state index contributed by atoms with van der Waals surface area (Å²) in [5.41, 5.74) is -1.90. The largest absolute Gasteiger partial charge is 0.481 e. The zero-order valence-corrected chi connectivity index (χ0v) is 14.4. The minimum absolute atomic E-state index is 0.332. The van der Waals surface area contributed by atoms with E-state index in [0.717, 1.165) is 13.0 Å². The molecule has 2 amide bonds. The highest BCUT2D eigenvalue weighted by molar-refractivity contribution is 5.79. The molecule has 0 saturated carbocycles. The first-order valence-corrected chi connectivity index (χ1v) is 7.41. The van der Waals surface area contributed by atoms with Crippen LogP contribution in [0.4, 0.5) is 4.79 Å². The Morgan fingerprint density at radius 1 is 1.19 bits per heavy atom. The van der Waals surface area contributed by atoms with E-state index in [1.165, 1.54) is 0 Å². The molecule has 0 heterocycles. The highest BCUT2D eigenvalue weighted by Crippen LogP contribution is 2.30. The van der Waals surface area contributed by atoms with Crippen molar-refractivity contribution in [2.75, 3.05) is 20.1 Å². The zero-order chi connectivity index (χ0) is 16.8. The van der Waals surface area contributed by atoms with E-state index in [2.05, 4.69) is 29.4 Å². The molecule has 0 aliphatic carbocycles. The maximum atomic E-state index is 11.9. The van der Waals surface area contributed by atoms with Crippen molar-refractivity contribution >= 4 is 12.0 Å². The average Bonchev–Trinajstić information content (AvgIpc) is 2.33. The maximum absolute atomic E-state index is 11.9. The highest BCUT2D eigenvalue weighted by atomic mass is 16.4. The summed E-state index contributed by atoms with van der Waals surface area (Å²) in [7, 11) is 2.04. The van der Waals surface area contributed by atoms with Crippen molar-refractivity contribution in [3.05, 3.63) is 0 Å². The lowest BCUT2D eigenvalue weighted by Crippen LogP contribution is -2.59. The molecule has 0 bridgehead atoms. The summed E-state index contributed by atoms with van der Waals surface area (Å²) in [4.78, 5) is 25.4. The van der Waals surface area contributed by atoms with E-state index in [1.54, 1.807) is 27.7 Å². The molecule has 6 heteroatoms. The van der Waals surface area contributed by atoms with Gasteiger partial charge in [-0.3, -0.25) is 4.79 Å². The number of hydrogen-bond acceptors (Lipinski definition) is 3. The molecule has 0 aromatic carbocycles. The molecule has 0 aliphatic rings. The SMILES string of the molecule is CC(C)N(C)CCCNC(=O)NC(C)(C)C(C)(C)C(=O)O. The molecule has 0 fully saturated rings. The fraction of sp³-hybridized carbons (Fsp3) is 0.867. The zero-order valence-electron chi connectivity index (χ0n) is 14.4. The Bertz CT molecular complexity index is 365. The van der Waals surface area contributed by atoms with Crippen molar-refractivity contribution in [3.8, 4) is 0 Å². The van der Waals surface area contributed by atoms with Gasteiger partial charge in [-0.25, -0.2) is 4.79 Å². The van der Waals surface area contributed by atoms with Gasteiger partial charge in [-0.1, -0.05) is 0 Å². The molecule has 21 heavy (non-hydrogen) atoms. The van der Waals surface area contributed by atoms with Crippen LogP contribution < -0.4 is 10.6 Å². The van der Waals surface area contributed by atoms with E-state index in [0.29, 0.717) is 12.6 Å².